The van der Waals surface area contributed by atoms with Gasteiger partial charge < -0.3 is 18.9 Å². The zero-order valence-corrected chi connectivity index (χ0v) is 20.6. The molecule has 0 unspecified atom stereocenters. The number of nitriles is 1. The van der Waals surface area contributed by atoms with E-state index in [9.17, 15) is 10.1 Å². The summed E-state index contributed by atoms with van der Waals surface area (Å²) in [7, 11) is 4.63. The molecule has 4 aromatic rings. The highest BCUT2D eigenvalue weighted by molar-refractivity contribution is 5.98. The molecular weight excluding hydrogens is 468 g/mol. The SMILES string of the molecule is COc1ccc([C@@H]2C(C#N)=C(NC(=O)c3ccccc3OC)Oc3ccc4ccccc4c32)cc1OC. The van der Waals surface area contributed by atoms with Crippen LogP contribution in [0.15, 0.2) is 90.3 Å². The van der Waals surface area contributed by atoms with Crippen molar-refractivity contribution in [2.24, 2.45) is 0 Å². The molecule has 1 N–H and O–H groups in total. The van der Waals surface area contributed by atoms with Crippen LogP contribution < -0.4 is 24.3 Å². The number of carbonyl (C=O) groups excluding carboxylic acids is 1. The van der Waals surface area contributed by atoms with Crippen LogP contribution in [0.1, 0.15) is 27.4 Å². The van der Waals surface area contributed by atoms with E-state index in [-0.39, 0.29) is 11.5 Å². The van der Waals surface area contributed by atoms with Gasteiger partial charge in [-0.25, -0.2) is 0 Å². The van der Waals surface area contributed by atoms with Gasteiger partial charge in [0.2, 0.25) is 5.88 Å². The summed E-state index contributed by atoms with van der Waals surface area (Å²) in [5.74, 6) is 1.16. The van der Waals surface area contributed by atoms with Crippen LogP contribution in [0.2, 0.25) is 0 Å². The fourth-order valence-electron chi connectivity index (χ4n) is 4.68. The minimum atomic E-state index is -0.535. The van der Waals surface area contributed by atoms with Crippen molar-refractivity contribution in [2.75, 3.05) is 21.3 Å². The quantitative estimate of drug-likeness (QED) is 0.379. The molecule has 4 aromatic carbocycles. The molecule has 184 valence electrons. The Bertz CT molecular complexity index is 1580. The molecule has 0 saturated heterocycles. The number of nitrogens with one attached hydrogen (secondary N) is 1. The number of para-hydroxylation sites is 1. The maximum atomic E-state index is 13.3. The molecule has 37 heavy (non-hydrogen) atoms. The average molecular weight is 493 g/mol. The van der Waals surface area contributed by atoms with Crippen molar-refractivity contribution in [3.8, 4) is 29.1 Å². The van der Waals surface area contributed by atoms with Crippen molar-refractivity contribution in [1.82, 2.24) is 5.32 Å². The minimum absolute atomic E-state index is 0.0703. The van der Waals surface area contributed by atoms with E-state index >= 15 is 0 Å². The lowest BCUT2D eigenvalue weighted by Crippen LogP contribution is -2.31. The topological polar surface area (TPSA) is 89.8 Å². The first-order valence-electron chi connectivity index (χ1n) is 11.6. The number of rotatable bonds is 6. The summed E-state index contributed by atoms with van der Waals surface area (Å²) in [6.07, 6.45) is 0. The minimum Gasteiger partial charge on any atom is -0.496 e. The Kier molecular flexibility index (Phi) is 6.40. The molecule has 0 spiro atoms. The van der Waals surface area contributed by atoms with E-state index in [0.717, 1.165) is 21.9 Å². The largest absolute Gasteiger partial charge is 0.496 e. The maximum absolute atomic E-state index is 13.3. The molecule has 1 heterocycles. The van der Waals surface area contributed by atoms with E-state index < -0.39 is 11.8 Å². The number of hydrogen-bond acceptors (Lipinski definition) is 6. The molecule has 1 atom stereocenters. The highest BCUT2D eigenvalue weighted by Crippen LogP contribution is 2.47. The van der Waals surface area contributed by atoms with Crippen LogP contribution >= 0.6 is 0 Å². The molecule has 0 saturated carbocycles. The lowest BCUT2D eigenvalue weighted by molar-refractivity contribution is 0.0944. The number of allylic oxidation sites excluding steroid dienone is 1. The lowest BCUT2D eigenvalue weighted by Gasteiger charge is -2.29. The second kappa shape index (κ2) is 9.96. The summed E-state index contributed by atoms with van der Waals surface area (Å²) in [6.45, 7) is 0. The lowest BCUT2D eigenvalue weighted by atomic mass is 9.81. The van der Waals surface area contributed by atoms with Gasteiger partial charge in [0.15, 0.2) is 11.5 Å². The Labute approximate surface area is 214 Å². The Hall–Kier alpha value is -4.96. The fourth-order valence-corrected chi connectivity index (χ4v) is 4.68. The number of benzene rings is 4. The van der Waals surface area contributed by atoms with Crippen molar-refractivity contribution >= 4 is 16.7 Å². The molecular formula is C30H24N2O5. The van der Waals surface area contributed by atoms with E-state index in [1.807, 2.05) is 48.5 Å². The van der Waals surface area contributed by atoms with Crippen molar-refractivity contribution < 1.29 is 23.7 Å². The Morgan fingerprint density at radius 3 is 2.35 bits per heavy atom. The highest BCUT2D eigenvalue weighted by atomic mass is 16.5. The number of methoxy groups -OCH3 is 3. The standard InChI is InChI=1S/C30H24N2O5/c1-34-23-11-7-6-10-21(23)29(33)32-30-22(17-31)27(19-13-14-24(35-2)26(16-19)36-3)28-20-9-5-4-8-18(20)12-15-25(28)37-30/h4-16,27H,1-3H3,(H,32,33)/t27-/m1/s1. The number of carbonyl (C=O) groups is 1. The summed E-state index contributed by atoms with van der Waals surface area (Å²) in [6, 6.07) is 26.4. The number of amides is 1. The Morgan fingerprint density at radius 2 is 1.59 bits per heavy atom. The van der Waals surface area contributed by atoms with E-state index in [1.165, 1.54) is 7.11 Å². The van der Waals surface area contributed by atoms with Gasteiger partial charge in [-0.15, -0.1) is 0 Å². The van der Waals surface area contributed by atoms with Crippen LogP contribution in [0.3, 0.4) is 0 Å². The molecule has 7 heteroatoms. The zero-order chi connectivity index (χ0) is 25.9. The van der Waals surface area contributed by atoms with Gasteiger partial charge in [0.05, 0.1) is 32.8 Å². The molecule has 0 radical (unpaired) electrons. The van der Waals surface area contributed by atoms with Gasteiger partial charge in [0, 0.05) is 5.56 Å². The number of ether oxygens (including phenoxy) is 4. The van der Waals surface area contributed by atoms with Gasteiger partial charge in [-0.3, -0.25) is 10.1 Å². The molecule has 0 bridgehead atoms. The molecule has 0 fully saturated rings. The smallest absolute Gasteiger partial charge is 0.261 e. The summed E-state index contributed by atoms with van der Waals surface area (Å²) in [5.41, 5.74) is 2.21. The fraction of sp³-hybridized carbons (Fsp3) is 0.133. The third-order valence-corrected chi connectivity index (χ3v) is 6.40. The van der Waals surface area contributed by atoms with Crippen molar-refractivity contribution in [3.63, 3.8) is 0 Å². The zero-order valence-electron chi connectivity index (χ0n) is 20.6. The summed E-state index contributed by atoms with van der Waals surface area (Å²) in [5, 5.41) is 15.1. The van der Waals surface area contributed by atoms with Gasteiger partial charge >= 0.3 is 0 Å². The predicted molar refractivity (Wildman–Crippen MR) is 139 cm³/mol. The van der Waals surface area contributed by atoms with Crippen LogP contribution in [0, 0.1) is 11.3 Å². The monoisotopic (exact) mass is 492 g/mol. The molecule has 7 nitrogen and oxygen atoms in total. The van der Waals surface area contributed by atoms with Gasteiger partial charge in [-0.05, 0) is 46.7 Å². The van der Waals surface area contributed by atoms with Crippen molar-refractivity contribution in [1.29, 1.82) is 5.26 Å². The maximum Gasteiger partial charge on any atom is 0.261 e. The first kappa shape index (κ1) is 23.8. The Morgan fingerprint density at radius 1 is 0.865 bits per heavy atom. The highest BCUT2D eigenvalue weighted by Gasteiger charge is 2.34. The summed E-state index contributed by atoms with van der Waals surface area (Å²) < 4.78 is 22.5. The summed E-state index contributed by atoms with van der Waals surface area (Å²) >= 11 is 0. The van der Waals surface area contributed by atoms with Crippen LogP contribution in [0.5, 0.6) is 23.0 Å². The number of hydrogen-bond donors (Lipinski definition) is 1. The van der Waals surface area contributed by atoms with E-state index in [1.54, 1.807) is 44.6 Å². The Balaban J connectivity index is 1.70. The van der Waals surface area contributed by atoms with Crippen LogP contribution in [0.25, 0.3) is 10.8 Å². The van der Waals surface area contributed by atoms with Gasteiger partial charge in [0.1, 0.15) is 23.1 Å². The average Bonchev–Trinajstić information content (AvgIpc) is 2.95. The second-order valence-electron chi connectivity index (χ2n) is 8.36. The van der Waals surface area contributed by atoms with Gasteiger partial charge in [0.25, 0.3) is 5.91 Å². The molecule has 1 aliphatic heterocycles. The van der Waals surface area contributed by atoms with E-state index in [0.29, 0.717) is 28.6 Å². The normalized spacial score (nSPS) is 14.3. The van der Waals surface area contributed by atoms with E-state index in [4.69, 9.17) is 18.9 Å². The van der Waals surface area contributed by atoms with Crippen LogP contribution in [0.4, 0.5) is 0 Å². The van der Waals surface area contributed by atoms with Gasteiger partial charge in [-0.2, -0.15) is 5.26 Å². The predicted octanol–water partition coefficient (Wildman–Crippen LogP) is 5.56. The van der Waals surface area contributed by atoms with Gasteiger partial charge in [-0.1, -0.05) is 48.5 Å². The van der Waals surface area contributed by atoms with E-state index in [2.05, 4.69) is 11.4 Å². The first-order valence-corrected chi connectivity index (χ1v) is 11.6. The van der Waals surface area contributed by atoms with Crippen molar-refractivity contribution in [2.45, 2.75) is 5.92 Å². The summed E-state index contributed by atoms with van der Waals surface area (Å²) in [4.78, 5) is 13.3. The van der Waals surface area contributed by atoms with Crippen LogP contribution in [-0.4, -0.2) is 27.2 Å². The third kappa shape index (κ3) is 4.19. The number of nitrogens with zero attached hydrogens (tertiary/aromatic N) is 1. The molecule has 0 aliphatic carbocycles. The second-order valence-corrected chi connectivity index (χ2v) is 8.36. The van der Waals surface area contributed by atoms with Crippen molar-refractivity contribution in [3.05, 3.63) is 107 Å². The van der Waals surface area contributed by atoms with Crippen LogP contribution in [-0.2, 0) is 0 Å². The molecule has 5 rings (SSSR count). The molecule has 0 aromatic heterocycles. The molecule has 1 aliphatic rings. The molecule has 1 amide bonds. The first-order chi connectivity index (χ1) is 18.1. The number of fused-ring (bicyclic) bond motifs is 3. The third-order valence-electron chi connectivity index (χ3n) is 6.40.